The maximum atomic E-state index is 11.5. The maximum absolute atomic E-state index is 11.5. The van der Waals surface area contributed by atoms with Crippen LogP contribution < -0.4 is 5.32 Å². The number of amides is 1. The van der Waals surface area contributed by atoms with Crippen molar-refractivity contribution in [2.75, 3.05) is 5.32 Å². The summed E-state index contributed by atoms with van der Waals surface area (Å²) in [5, 5.41) is 13.2. The van der Waals surface area contributed by atoms with Crippen molar-refractivity contribution >= 4 is 23.1 Å². The van der Waals surface area contributed by atoms with E-state index in [2.05, 4.69) is 5.32 Å². The quantitative estimate of drug-likeness (QED) is 0.480. The summed E-state index contributed by atoms with van der Waals surface area (Å²) in [6.45, 7) is 3.68. The first kappa shape index (κ1) is 11.3. The first-order valence-corrected chi connectivity index (χ1v) is 5.10. The van der Waals surface area contributed by atoms with Gasteiger partial charge in [0.2, 0.25) is 0 Å². The second kappa shape index (κ2) is 3.65. The summed E-state index contributed by atoms with van der Waals surface area (Å²) < 4.78 is 0. The molecule has 0 aromatic heterocycles. The number of non-ortho nitro benzene ring substituents is 1. The number of hydrogen-bond acceptors (Lipinski definition) is 4. The van der Waals surface area contributed by atoms with Gasteiger partial charge in [0.05, 0.1) is 16.2 Å². The van der Waals surface area contributed by atoms with Crippen LogP contribution in [0.25, 0.3) is 0 Å². The average Bonchev–Trinajstić information content (AvgIpc) is 2.54. The average molecular weight is 234 g/mol. The minimum atomic E-state index is -0.734. The Morgan fingerprint density at radius 3 is 2.47 bits per heavy atom. The number of fused-ring (bicyclic) bond motifs is 1. The van der Waals surface area contributed by atoms with Gasteiger partial charge in [-0.05, 0) is 11.5 Å². The second-order valence-corrected chi connectivity index (χ2v) is 4.15. The van der Waals surface area contributed by atoms with Gasteiger partial charge in [0, 0.05) is 12.1 Å². The lowest BCUT2D eigenvalue weighted by molar-refractivity contribution is -0.384. The highest BCUT2D eigenvalue weighted by Crippen LogP contribution is 2.35. The van der Waals surface area contributed by atoms with Gasteiger partial charge in [0.1, 0.15) is 0 Å². The van der Waals surface area contributed by atoms with Gasteiger partial charge in [0.15, 0.2) is 0 Å². The number of carbonyl (C=O) groups is 2. The fourth-order valence-corrected chi connectivity index (χ4v) is 1.82. The van der Waals surface area contributed by atoms with Crippen LogP contribution >= 0.6 is 0 Å². The van der Waals surface area contributed by atoms with Crippen LogP contribution in [0.3, 0.4) is 0 Å². The molecular formula is C11H10N2O4. The molecule has 2 rings (SSSR count). The Kier molecular flexibility index (Phi) is 2.42. The standard InChI is InChI=1S/C11H10N2O4/c1-5(2)7-3-6(13(16)17)4-8-9(7)12-11(15)10(8)14/h3-5H,1-2H3,(H,12,14,15). The van der Waals surface area contributed by atoms with E-state index in [0.717, 1.165) is 6.07 Å². The van der Waals surface area contributed by atoms with Gasteiger partial charge in [0.25, 0.3) is 17.4 Å². The molecule has 0 saturated heterocycles. The number of rotatable bonds is 2. The molecule has 0 fully saturated rings. The molecule has 88 valence electrons. The van der Waals surface area contributed by atoms with Crippen molar-refractivity contribution in [1.82, 2.24) is 0 Å². The van der Waals surface area contributed by atoms with Gasteiger partial charge in [-0.25, -0.2) is 0 Å². The van der Waals surface area contributed by atoms with Crippen molar-refractivity contribution in [3.63, 3.8) is 0 Å². The predicted octanol–water partition coefficient (Wildman–Crippen LogP) is 1.85. The fourth-order valence-electron chi connectivity index (χ4n) is 1.82. The van der Waals surface area contributed by atoms with E-state index in [1.54, 1.807) is 0 Å². The number of nitro groups is 1. The molecule has 17 heavy (non-hydrogen) atoms. The summed E-state index contributed by atoms with van der Waals surface area (Å²) in [6.07, 6.45) is 0. The Bertz CT molecular complexity index is 549. The number of anilines is 1. The Morgan fingerprint density at radius 1 is 1.29 bits per heavy atom. The summed E-state index contributed by atoms with van der Waals surface area (Å²) in [6, 6.07) is 2.53. The first-order chi connectivity index (χ1) is 7.91. The monoisotopic (exact) mass is 234 g/mol. The molecule has 6 nitrogen and oxygen atoms in total. The molecule has 1 aromatic carbocycles. The van der Waals surface area contributed by atoms with Crippen molar-refractivity contribution < 1.29 is 14.5 Å². The summed E-state index contributed by atoms with van der Waals surface area (Å²) in [5.41, 5.74) is 0.930. The van der Waals surface area contributed by atoms with Crippen LogP contribution in [0.1, 0.15) is 35.7 Å². The van der Waals surface area contributed by atoms with Crippen molar-refractivity contribution in [3.8, 4) is 0 Å². The number of nitrogens with one attached hydrogen (secondary N) is 1. The highest BCUT2D eigenvalue weighted by molar-refractivity contribution is 6.52. The largest absolute Gasteiger partial charge is 0.318 e. The molecule has 1 amide bonds. The lowest BCUT2D eigenvalue weighted by Crippen LogP contribution is -2.12. The van der Waals surface area contributed by atoms with Crippen LogP contribution in [0.15, 0.2) is 12.1 Å². The summed E-state index contributed by atoms with van der Waals surface area (Å²) in [7, 11) is 0. The van der Waals surface area contributed by atoms with Crippen molar-refractivity contribution in [2.24, 2.45) is 0 Å². The third-order valence-electron chi connectivity index (χ3n) is 2.68. The molecule has 0 saturated carbocycles. The Balaban J connectivity index is 2.70. The highest BCUT2D eigenvalue weighted by Gasteiger charge is 2.33. The lowest BCUT2D eigenvalue weighted by atomic mass is 9.97. The van der Waals surface area contributed by atoms with Gasteiger partial charge in [-0.2, -0.15) is 0 Å². The number of Topliss-reactive ketones (excluding diaryl/α,β-unsaturated/α-hetero) is 1. The third-order valence-corrected chi connectivity index (χ3v) is 2.68. The Morgan fingerprint density at radius 2 is 1.94 bits per heavy atom. The molecule has 0 atom stereocenters. The molecule has 0 unspecified atom stereocenters. The van der Waals surface area contributed by atoms with E-state index in [1.807, 2.05) is 13.8 Å². The van der Waals surface area contributed by atoms with Gasteiger partial charge in [-0.1, -0.05) is 13.8 Å². The molecule has 0 bridgehead atoms. The molecule has 1 aromatic rings. The molecule has 1 aliphatic rings. The van der Waals surface area contributed by atoms with Gasteiger partial charge in [-0.15, -0.1) is 0 Å². The molecular weight excluding hydrogens is 224 g/mol. The maximum Gasteiger partial charge on any atom is 0.296 e. The second-order valence-electron chi connectivity index (χ2n) is 4.15. The number of ketones is 1. The lowest BCUT2D eigenvalue weighted by Gasteiger charge is -2.10. The van der Waals surface area contributed by atoms with Crippen molar-refractivity contribution in [3.05, 3.63) is 33.4 Å². The van der Waals surface area contributed by atoms with E-state index in [4.69, 9.17) is 0 Å². The zero-order chi connectivity index (χ0) is 12.7. The third kappa shape index (κ3) is 1.67. The van der Waals surface area contributed by atoms with Crippen molar-refractivity contribution in [2.45, 2.75) is 19.8 Å². The molecule has 0 spiro atoms. The molecule has 1 N–H and O–H groups in total. The van der Waals surface area contributed by atoms with E-state index in [9.17, 15) is 19.7 Å². The minimum absolute atomic E-state index is 0.0187. The summed E-state index contributed by atoms with van der Waals surface area (Å²) in [5.74, 6) is -1.47. The first-order valence-electron chi connectivity index (χ1n) is 5.10. The zero-order valence-electron chi connectivity index (χ0n) is 9.31. The number of benzene rings is 1. The van der Waals surface area contributed by atoms with Gasteiger partial charge < -0.3 is 5.32 Å². The van der Waals surface area contributed by atoms with E-state index in [-0.39, 0.29) is 17.2 Å². The predicted molar refractivity (Wildman–Crippen MR) is 60.1 cm³/mol. The van der Waals surface area contributed by atoms with Crippen LogP contribution in [0.2, 0.25) is 0 Å². The van der Waals surface area contributed by atoms with Crippen LogP contribution in [-0.4, -0.2) is 16.6 Å². The Labute approximate surface area is 96.8 Å². The van der Waals surface area contributed by atoms with E-state index < -0.39 is 16.6 Å². The molecule has 0 radical (unpaired) electrons. The SMILES string of the molecule is CC(C)c1cc([N+](=O)[O-])cc2c1NC(=O)C2=O. The number of nitro benzene ring substituents is 1. The Hall–Kier alpha value is -2.24. The highest BCUT2D eigenvalue weighted by atomic mass is 16.6. The smallest absolute Gasteiger partial charge is 0.296 e. The summed E-state index contributed by atoms with van der Waals surface area (Å²) >= 11 is 0. The van der Waals surface area contributed by atoms with E-state index in [1.165, 1.54) is 6.07 Å². The normalized spacial score (nSPS) is 13.8. The fraction of sp³-hybridized carbons (Fsp3) is 0.273. The molecule has 1 heterocycles. The number of carbonyl (C=O) groups excluding carboxylic acids is 2. The topological polar surface area (TPSA) is 89.3 Å². The van der Waals surface area contributed by atoms with Crippen LogP contribution in [0.4, 0.5) is 11.4 Å². The van der Waals surface area contributed by atoms with Crippen LogP contribution in [0, 0.1) is 10.1 Å². The van der Waals surface area contributed by atoms with E-state index >= 15 is 0 Å². The molecule has 0 aliphatic carbocycles. The van der Waals surface area contributed by atoms with E-state index in [0.29, 0.717) is 11.3 Å². The van der Waals surface area contributed by atoms with Crippen molar-refractivity contribution in [1.29, 1.82) is 0 Å². The summed E-state index contributed by atoms with van der Waals surface area (Å²) in [4.78, 5) is 33.0. The van der Waals surface area contributed by atoms with Gasteiger partial charge >= 0.3 is 0 Å². The van der Waals surface area contributed by atoms with Crippen LogP contribution in [-0.2, 0) is 4.79 Å². The molecule has 1 aliphatic heterocycles. The minimum Gasteiger partial charge on any atom is -0.318 e. The van der Waals surface area contributed by atoms with Crippen LogP contribution in [0.5, 0.6) is 0 Å². The zero-order valence-corrected chi connectivity index (χ0v) is 9.31. The number of nitrogens with zero attached hydrogens (tertiary/aromatic N) is 1. The number of hydrogen-bond donors (Lipinski definition) is 1. The van der Waals surface area contributed by atoms with Gasteiger partial charge in [-0.3, -0.25) is 19.7 Å². The molecule has 6 heteroatoms.